The third-order valence-electron chi connectivity index (χ3n) is 6.81. The summed E-state index contributed by atoms with van der Waals surface area (Å²) in [6, 6.07) is 9.71. The molecule has 0 spiro atoms. The summed E-state index contributed by atoms with van der Waals surface area (Å²) < 4.78 is 5.81. The average molecular weight is 448 g/mol. The number of likely N-dealkylation sites (tertiary alicyclic amines) is 2. The van der Waals surface area contributed by atoms with Crippen molar-refractivity contribution in [2.75, 3.05) is 39.0 Å². The highest BCUT2D eigenvalue weighted by atomic mass is 16.3. The summed E-state index contributed by atoms with van der Waals surface area (Å²) in [5, 5.41) is 4.08. The van der Waals surface area contributed by atoms with Crippen molar-refractivity contribution in [1.29, 1.82) is 0 Å². The van der Waals surface area contributed by atoms with Crippen molar-refractivity contribution in [2.45, 2.75) is 38.0 Å². The first-order valence-corrected chi connectivity index (χ1v) is 11.5. The fourth-order valence-electron chi connectivity index (χ4n) is 4.83. The molecule has 0 radical (unpaired) electrons. The van der Waals surface area contributed by atoms with Crippen LogP contribution in [0.5, 0.6) is 0 Å². The molecule has 3 aromatic rings. The summed E-state index contributed by atoms with van der Waals surface area (Å²) in [6.07, 6.45) is 2.07. The Kier molecular flexibility index (Phi) is 5.52. The monoisotopic (exact) mass is 447 g/mol. The second-order valence-corrected chi connectivity index (χ2v) is 9.18. The van der Waals surface area contributed by atoms with Gasteiger partial charge in [0.15, 0.2) is 5.76 Å². The molecule has 0 bridgehead atoms. The maximum Gasteiger partial charge on any atom is 0.289 e. The lowest BCUT2D eigenvalue weighted by Gasteiger charge is -2.31. The van der Waals surface area contributed by atoms with Crippen LogP contribution in [-0.4, -0.2) is 65.3 Å². The number of carbonyl (C=O) groups excluding carboxylic acids is 2. The summed E-state index contributed by atoms with van der Waals surface area (Å²) in [7, 11) is 3.68. The molecule has 172 valence electrons. The summed E-state index contributed by atoms with van der Waals surface area (Å²) >= 11 is 0. The summed E-state index contributed by atoms with van der Waals surface area (Å²) in [6.45, 7) is 3.97. The number of likely N-dealkylation sites (N-methyl/N-ethyl adjacent to an activating group) is 1. The van der Waals surface area contributed by atoms with Gasteiger partial charge in [-0.05, 0) is 38.0 Å². The zero-order chi connectivity index (χ0) is 23.1. The van der Waals surface area contributed by atoms with E-state index in [1.807, 2.05) is 56.3 Å². The first-order valence-electron chi connectivity index (χ1n) is 11.5. The maximum absolute atomic E-state index is 13.0. The van der Waals surface area contributed by atoms with Gasteiger partial charge in [-0.15, -0.1) is 0 Å². The molecule has 2 amide bonds. The molecule has 2 fully saturated rings. The molecule has 0 aliphatic carbocycles. The smallest absolute Gasteiger partial charge is 0.289 e. The van der Waals surface area contributed by atoms with Gasteiger partial charge in [0.05, 0.1) is 5.69 Å². The van der Waals surface area contributed by atoms with E-state index in [-0.39, 0.29) is 23.7 Å². The van der Waals surface area contributed by atoms with E-state index in [9.17, 15) is 9.59 Å². The molecule has 2 aromatic heterocycles. The zero-order valence-corrected chi connectivity index (χ0v) is 19.3. The number of rotatable bonds is 4. The fraction of sp³-hybridized carbons (Fsp3) is 0.440. The van der Waals surface area contributed by atoms with Gasteiger partial charge in [-0.3, -0.25) is 9.59 Å². The normalized spacial score (nSPS) is 19.5. The number of nitrogens with one attached hydrogen (secondary N) is 1. The highest BCUT2D eigenvalue weighted by Gasteiger charge is 2.32. The predicted molar refractivity (Wildman–Crippen MR) is 125 cm³/mol. The number of anilines is 1. The molecule has 2 saturated heterocycles. The number of nitrogens with zero attached hydrogens (tertiary/aromatic N) is 4. The molecule has 0 saturated carbocycles. The molecule has 5 rings (SSSR count). The highest BCUT2D eigenvalue weighted by molar-refractivity contribution is 5.96. The molecule has 1 unspecified atom stereocenters. The summed E-state index contributed by atoms with van der Waals surface area (Å²) in [5.41, 5.74) is 2.79. The third-order valence-corrected chi connectivity index (χ3v) is 6.81. The van der Waals surface area contributed by atoms with Crippen molar-refractivity contribution in [2.24, 2.45) is 0 Å². The number of piperidine rings is 1. The maximum atomic E-state index is 13.0. The number of aryl methyl sites for hydroxylation is 1. The van der Waals surface area contributed by atoms with Gasteiger partial charge in [0.25, 0.3) is 5.91 Å². The second kappa shape index (κ2) is 8.50. The molecular weight excluding hydrogens is 418 g/mol. The molecule has 1 N–H and O–H groups in total. The Hall–Kier alpha value is -3.42. The van der Waals surface area contributed by atoms with Crippen LogP contribution >= 0.6 is 0 Å². The topological polar surface area (TPSA) is 91.6 Å². The number of carbonyl (C=O) groups is 2. The van der Waals surface area contributed by atoms with E-state index in [1.54, 1.807) is 4.90 Å². The van der Waals surface area contributed by atoms with Gasteiger partial charge >= 0.3 is 0 Å². The lowest BCUT2D eigenvalue weighted by atomic mass is 9.95. The van der Waals surface area contributed by atoms with Crippen molar-refractivity contribution in [3.63, 3.8) is 0 Å². The third kappa shape index (κ3) is 4.17. The van der Waals surface area contributed by atoms with Crippen molar-refractivity contribution >= 4 is 28.6 Å². The molecule has 33 heavy (non-hydrogen) atoms. The lowest BCUT2D eigenvalue weighted by Crippen LogP contribution is -2.38. The van der Waals surface area contributed by atoms with Crippen molar-refractivity contribution in [3.8, 4) is 0 Å². The van der Waals surface area contributed by atoms with Crippen molar-refractivity contribution < 1.29 is 14.0 Å². The Labute approximate surface area is 193 Å². The molecule has 2 aliphatic rings. The van der Waals surface area contributed by atoms with Crippen LogP contribution in [0.15, 0.2) is 34.7 Å². The van der Waals surface area contributed by atoms with E-state index >= 15 is 0 Å². The number of benzene rings is 1. The van der Waals surface area contributed by atoms with Crippen LogP contribution in [-0.2, 0) is 4.79 Å². The number of aromatic nitrogens is 2. The van der Waals surface area contributed by atoms with Crippen molar-refractivity contribution in [1.82, 2.24) is 19.8 Å². The lowest BCUT2D eigenvalue weighted by molar-refractivity contribution is -0.126. The van der Waals surface area contributed by atoms with Crippen LogP contribution in [0, 0.1) is 6.92 Å². The Morgan fingerprint density at radius 2 is 1.91 bits per heavy atom. The van der Waals surface area contributed by atoms with E-state index in [0.29, 0.717) is 31.8 Å². The standard InChI is InChI=1S/C25H29N5O3/c1-15-4-5-20-17(10-15)11-21(33-20)25(32)30-8-6-16(7-9-30)24-27-19(13-22(26-2)28-24)18-12-23(31)29(3)14-18/h4-5,10-11,13,16,18H,6-9,12,14H2,1-3H3,(H,26,27,28). The molecule has 1 atom stereocenters. The van der Waals surface area contributed by atoms with Crippen LogP contribution < -0.4 is 5.32 Å². The zero-order valence-electron chi connectivity index (χ0n) is 19.3. The minimum Gasteiger partial charge on any atom is -0.451 e. The Morgan fingerprint density at radius 1 is 1.12 bits per heavy atom. The number of hydrogen-bond donors (Lipinski definition) is 1. The van der Waals surface area contributed by atoms with Gasteiger partial charge in [0.1, 0.15) is 17.2 Å². The molecule has 1 aromatic carbocycles. The van der Waals surface area contributed by atoms with Crippen LogP contribution in [0.3, 0.4) is 0 Å². The van der Waals surface area contributed by atoms with E-state index < -0.39 is 0 Å². The van der Waals surface area contributed by atoms with Gasteiger partial charge in [0.2, 0.25) is 5.91 Å². The van der Waals surface area contributed by atoms with Crippen LogP contribution in [0.1, 0.15) is 58.7 Å². The molecule has 4 heterocycles. The molecular formula is C25H29N5O3. The first-order chi connectivity index (χ1) is 15.9. The number of amides is 2. The van der Waals surface area contributed by atoms with E-state index in [2.05, 4.69) is 5.32 Å². The first kappa shape index (κ1) is 21.4. The minimum atomic E-state index is -0.0691. The average Bonchev–Trinajstić information content (AvgIpc) is 3.40. The number of fused-ring (bicyclic) bond motifs is 1. The van der Waals surface area contributed by atoms with E-state index in [0.717, 1.165) is 46.7 Å². The minimum absolute atomic E-state index is 0.0691. The van der Waals surface area contributed by atoms with Crippen LogP contribution in [0.25, 0.3) is 11.0 Å². The summed E-state index contributed by atoms with van der Waals surface area (Å²) in [5.74, 6) is 2.31. The van der Waals surface area contributed by atoms with Gasteiger partial charge < -0.3 is 19.5 Å². The van der Waals surface area contributed by atoms with Crippen LogP contribution in [0.4, 0.5) is 5.82 Å². The Bertz CT molecular complexity index is 1210. The van der Waals surface area contributed by atoms with Gasteiger partial charge in [-0.1, -0.05) is 11.6 Å². The largest absolute Gasteiger partial charge is 0.451 e. The van der Waals surface area contributed by atoms with Gasteiger partial charge in [0, 0.05) is 63.4 Å². The quantitative estimate of drug-likeness (QED) is 0.658. The molecule has 8 heteroatoms. The Morgan fingerprint density at radius 3 is 2.61 bits per heavy atom. The van der Waals surface area contributed by atoms with Gasteiger partial charge in [-0.2, -0.15) is 0 Å². The predicted octanol–water partition coefficient (Wildman–Crippen LogP) is 3.54. The van der Waals surface area contributed by atoms with Crippen LogP contribution in [0.2, 0.25) is 0 Å². The molecule has 8 nitrogen and oxygen atoms in total. The van der Waals surface area contributed by atoms with Gasteiger partial charge in [-0.25, -0.2) is 9.97 Å². The van der Waals surface area contributed by atoms with Crippen molar-refractivity contribution in [3.05, 3.63) is 53.2 Å². The summed E-state index contributed by atoms with van der Waals surface area (Å²) in [4.78, 5) is 38.2. The SMILES string of the molecule is CNc1cc(C2CC(=O)N(C)C2)nc(C2CCN(C(=O)c3cc4cc(C)ccc4o3)CC2)n1. The second-order valence-electron chi connectivity index (χ2n) is 9.18. The number of furan rings is 1. The fourth-order valence-corrected chi connectivity index (χ4v) is 4.83. The molecule has 2 aliphatic heterocycles. The van der Waals surface area contributed by atoms with E-state index in [4.69, 9.17) is 14.4 Å². The Balaban J connectivity index is 1.29. The van der Waals surface area contributed by atoms with E-state index in [1.165, 1.54) is 0 Å². The highest BCUT2D eigenvalue weighted by Crippen LogP contribution is 2.32. The number of hydrogen-bond acceptors (Lipinski definition) is 6.